The van der Waals surface area contributed by atoms with Crippen LogP contribution >= 0.6 is 11.6 Å². The van der Waals surface area contributed by atoms with E-state index < -0.39 is 5.60 Å². The Morgan fingerprint density at radius 2 is 1.66 bits per heavy atom. The summed E-state index contributed by atoms with van der Waals surface area (Å²) < 4.78 is 5.83. The quantitative estimate of drug-likeness (QED) is 0.612. The number of aromatic nitrogens is 1. The lowest BCUT2D eigenvalue weighted by molar-refractivity contribution is -0.128. The smallest absolute Gasteiger partial charge is 0.267 e. The minimum atomic E-state index is -1.11. The van der Waals surface area contributed by atoms with E-state index in [4.69, 9.17) is 16.3 Å². The van der Waals surface area contributed by atoms with E-state index in [1.165, 1.54) is 0 Å². The predicted octanol–water partition coefficient (Wildman–Crippen LogP) is 5.28. The second kappa shape index (κ2) is 7.56. The highest BCUT2D eigenvalue weighted by Crippen LogP contribution is 2.29. The lowest BCUT2D eigenvalue weighted by atomic mass is 9.85. The van der Waals surface area contributed by atoms with Crippen LogP contribution in [0.4, 0.5) is 5.69 Å². The normalized spacial score (nSPS) is 12.1. The van der Waals surface area contributed by atoms with E-state index >= 15 is 0 Å². The van der Waals surface area contributed by atoms with Crippen molar-refractivity contribution >= 4 is 34.1 Å². The molecule has 5 nitrogen and oxygen atoms in total. The molecule has 0 fully saturated rings. The zero-order valence-electron chi connectivity index (χ0n) is 17.2. The second-order valence-electron chi connectivity index (χ2n) is 8.58. The molecule has 1 amide bonds. The highest BCUT2D eigenvalue weighted by atomic mass is 35.5. The van der Waals surface area contributed by atoms with Crippen molar-refractivity contribution in [1.29, 1.82) is 0 Å². The number of anilines is 1. The van der Waals surface area contributed by atoms with E-state index in [0.717, 1.165) is 10.9 Å². The molecule has 0 bridgehead atoms. The van der Waals surface area contributed by atoms with Gasteiger partial charge in [0.05, 0.1) is 5.52 Å². The van der Waals surface area contributed by atoms with Crippen LogP contribution in [-0.4, -0.2) is 16.5 Å². The number of benzene rings is 2. The standard InChI is InChI=1S/C23H25ClN2O3/c1-22(2,3)18-13-20(27)26-19-12-15(8-11-17(18)19)25-21(28)23(4,5)29-16-9-6-14(24)7-10-16/h6-13H,1-5H3,(H,25,28)(H,26,27). The van der Waals surface area contributed by atoms with Gasteiger partial charge in [0.15, 0.2) is 5.60 Å². The first-order valence-corrected chi connectivity index (χ1v) is 9.77. The molecule has 0 saturated heterocycles. The van der Waals surface area contributed by atoms with Gasteiger partial charge in [0.2, 0.25) is 5.56 Å². The van der Waals surface area contributed by atoms with Gasteiger partial charge in [-0.1, -0.05) is 38.4 Å². The number of halogens is 1. The summed E-state index contributed by atoms with van der Waals surface area (Å²) >= 11 is 5.89. The fourth-order valence-corrected chi connectivity index (χ4v) is 3.21. The van der Waals surface area contributed by atoms with E-state index in [-0.39, 0.29) is 16.9 Å². The number of carbonyl (C=O) groups is 1. The van der Waals surface area contributed by atoms with Crippen molar-refractivity contribution in [2.24, 2.45) is 0 Å². The van der Waals surface area contributed by atoms with Gasteiger partial charge in [-0.25, -0.2) is 0 Å². The molecule has 0 aliphatic heterocycles. The summed E-state index contributed by atoms with van der Waals surface area (Å²) in [5.74, 6) is 0.244. The fraction of sp³-hybridized carbons (Fsp3) is 0.304. The summed E-state index contributed by atoms with van der Waals surface area (Å²) in [4.78, 5) is 27.7. The van der Waals surface area contributed by atoms with Crippen LogP contribution in [0.2, 0.25) is 5.02 Å². The van der Waals surface area contributed by atoms with E-state index in [2.05, 4.69) is 31.1 Å². The van der Waals surface area contributed by atoms with Crippen LogP contribution in [0.1, 0.15) is 40.2 Å². The topological polar surface area (TPSA) is 71.2 Å². The summed E-state index contributed by atoms with van der Waals surface area (Å²) in [6.45, 7) is 9.57. The summed E-state index contributed by atoms with van der Waals surface area (Å²) in [7, 11) is 0. The molecule has 152 valence electrons. The van der Waals surface area contributed by atoms with E-state index in [1.54, 1.807) is 50.2 Å². The maximum atomic E-state index is 12.8. The Morgan fingerprint density at radius 1 is 1.00 bits per heavy atom. The average Bonchev–Trinajstić information content (AvgIpc) is 2.61. The molecule has 1 heterocycles. The first kappa shape index (κ1) is 20.9. The fourth-order valence-electron chi connectivity index (χ4n) is 3.08. The van der Waals surface area contributed by atoms with Crippen molar-refractivity contribution in [3.63, 3.8) is 0 Å². The van der Waals surface area contributed by atoms with Gasteiger partial charge in [-0.05, 0) is 61.2 Å². The highest BCUT2D eigenvalue weighted by molar-refractivity contribution is 6.30. The number of amides is 1. The van der Waals surface area contributed by atoms with Crippen molar-refractivity contribution in [3.8, 4) is 5.75 Å². The van der Waals surface area contributed by atoms with E-state index in [9.17, 15) is 9.59 Å². The molecule has 2 N–H and O–H groups in total. The minimum Gasteiger partial charge on any atom is -0.478 e. The van der Waals surface area contributed by atoms with Gasteiger partial charge in [-0.3, -0.25) is 9.59 Å². The molecule has 0 unspecified atom stereocenters. The van der Waals surface area contributed by atoms with Gasteiger partial charge in [-0.2, -0.15) is 0 Å². The Hall–Kier alpha value is -2.79. The highest BCUT2D eigenvalue weighted by Gasteiger charge is 2.30. The summed E-state index contributed by atoms with van der Waals surface area (Å²) in [6, 6.07) is 14.0. The number of hydrogen-bond acceptors (Lipinski definition) is 3. The van der Waals surface area contributed by atoms with Crippen LogP contribution in [0.25, 0.3) is 10.9 Å². The molecule has 0 spiro atoms. The Morgan fingerprint density at radius 3 is 2.28 bits per heavy atom. The first-order chi connectivity index (χ1) is 13.5. The Kier molecular flexibility index (Phi) is 5.46. The van der Waals surface area contributed by atoms with Crippen LogP contribution in [0.5, 0.6) is 5.75 Å². The van der Waals surface area contributed by atoms with Crippen molar-refractivity contribution in [1.82, 2.24) is 4.98 Å². The van der Waals surface area contributed by atoms with Gasteiger partial charge < -0.3 is 15.0 Å². The van der Waals surface area contributed by atoms with Crippen molar-refractivity contribution in [2.75, 3.05) is 5.32 Å². The lowest BCUT2D eigenvalue weighted by Gasteiger charge is -2.25. The second-order valence-corrected chi connectivity index (χ2v) is 9.01. The Bertz CT molecular complexity index is 1110. The molecule has 0 atom stereocenters. The third-order valence-electron chi connectivity index (χ3n) is 4.64. The first-order valence-electron chi connectivity index (χ1n) is 9.39. The minimum absolute atomic E-state index is 0.169. The van der Waals surface area contributed by atoms with Gasteiger partial charge in [0.25, 0.3) is 5.91 Å². The third-order valence-corrected chi connectivity index (χ3v) is 4.89. The molecule has 3 rings (SSSR count). The molecular formula is C23H25ClN2O3. The van der Waals surface area contributed by atoms with Crippen LogP contribution in [0.15, 0.2) is 53.3 Å². The molecule has 29 heavy (non-hydrogen) atoms. The van der Waals surface area contributed by atoms with Crippen LogP contribution in [-0.2, 0) is 10.2 Å². The van der Waals surface area contributed by atoms with Gasteiger partial charge in [0.1, 0.15) is 5.75 Å². The van der Waals surface area contributed by atoms with Gasteiger partial charge >= 0.3 is 0 Å². The number of pyridine rings is 1. The van der Waals surface area contributed by atoms with Crippen LogP contribution in [0, 0.1) is 0 Å². The molecule has 3 aromatic rings. The Labute approximate surface area is 175 Å². The van der Waals surface area contributed by atoms with Gasteiger partial charge in [-0.15, -0.1) is 0 Å². The molecule has 1 aromatic heterocycles. The van der Waals surface area contributed by atoms with E-state index in [0.29, 0.717) is 22.0 Å². The monoisotopic (exact) mass is 412 g/mol. The summed E-state index contributed by atoms with van der Waals surface area (Å²) in [5.41, 5.74) is 0.765. The largest absolute Gasteiger partial charge is 0.478 e. The van der Waals surface area contributed by atoms with Crippen molar-refractivity contribution in [2.45, 2.75) is 45.6 Å². The lowest BCUT2D eigenvalue weighted by Crippen LogP contribution is -2.42. The number of hydrogen-bond donors (Lipinski definition) is 2. The third kappa shape index (κ3) is 4.80. The number of nitrogens with one attached hydrogen (secondary N) is 2. The molecule has 0 aliphatic carbocycles. The maximum absolute atomic E-state index is 12.8. The number of aromatic amines is 1. The number of rotatable bonds is 4. The average molecular weight is 413 g/mol. The van der Waals surface area contributed by atoms with Crippen molar-refractivity contribution in [3.05, 3.63) is 69.5 Å². The number of carbonyl (C=O) groups excluding carboxylic acids is 1. The molecule has 0 radical (unpaired) electrons. The van der Waals surface area contributed by atoms with Gasteiger partial charge in [0, 0.05) is 22.2 Å². The van der Waals surface area contributed by atoms with E-state index in [1.807, 2.05) is 12.1 Å². The number of H-pyrrole nitrogens is 1. The van der Waals surface area contributed by atoms with Crippen LogP contribution in [0.3, 0.4) is 0 Å². The maximum Gasteiger partial charge on any atom is 0.267 e. The number of fused-ring (bicyclic) bond motifs is 1. The van der Waals surface area contributed by atoms with Crippen LogP contribution < -0.4 is 15.6 Å². The predicted molar refractivity (Wildman–Crippen MR) is 118 cm³/mol. The summed E-state index contributed by atoms with van der Waals surface area (Å²) in [5, 5.41) is 4.42. The Balaban J connectivity index is 1.86. The zero-order valence-corrected chi connectivity index (χ0v) is 18.0. The molecular weight excluding hydrogens is 388 g/mol. The SMILES string of the molecule is CC(C)(Oc1ccc(Cl)cc1)C(=O)Nc1ccc2c(C(C)(C)C)cc(=O)[nH]c2c1. The molecule has 0 aliphatic rings. The summed E-state index contributed by atoms with van der Waals surface area (Å²) in [6.07, 6.45) is 0. The molecule has 6 heteroatoms. The molecule has 0 saturated carbocycles. The molecule has 2 aromatic carbocycles. The van der Waals surface area contributed by atoms with Crippen molar-refractivity contribution < 1.29 is 9.53 Å². The number of ether oxygens (including phenoxy) is 1. The zero-order chi connectivity index (χ0) is 21.4.